The molecule has 2 aromatic carbocycles. The number of nitrogens with two attached hydrogens (primary N) is 1. The predicted molar refractivity (Wildman–Crippen MR) is 86.0 cm³/mol. The summed E-state index contributed by atoms with van der Waals surface area (Å²) in [5, 5.41) is 0. The molecule has 20 heavy (non-hydrogen) atoms. The first-order chi connectivity index (χ1) is 9.65. The first kappa shape index (κ1) is 15.0. The molecule has 0 aliphatic heterocycles. The maximum Gasteiger partial charge on any atom is 0.125 e. The van der Waals surface area contributed by atoms with E-state index in [9.17, 15) is 4.39 Å². The SMILES string of the molecule is CCN(c1cccc(F)c1)c1ccc(Br)cc1CCN. The summed E-state index contributed by atoms with van der Waals surface area (Å²) in [5.74, 6) is -0.224. The Bertz CT molecular complexity index is 586. The largest absolute Gasteiger partial charge is 0.341 e. The molecular formula is C16H18BrFN2. The van der Waals surface area contributed by atoms with Crippen LogP contribution in [0.5, 0.6) is 0 Å². The van der Waals surface area contributed by atoms with Gasteiger partial charge in [-0.15, -0.1) is 0 Å². The van der Waals surface area contributed by atoms with Gasteiger partial charge in [0.05, 0.1) is 0 Å². The molecule has 0 fully saturated rings. The van der Waals surface area contributed by atoms with Crippen LogP contribution in [-0.4, -0.2) is 13.1 Å². The standard InChI is InChI=1S/C16H18BrFN2/c1-2-20(15-5-3-4-14(18)11-15)16-7-6-13(17)10-12(16)8-9-19/h3-7,10-11H,2,8-9,19H2,1H3. The number of halogens is 2. The van der Waals surface area contributed by atoms with E-state index >= 15 is 0 Å². The molecule has 2 aromatic rings. The summed E-state index contributed by atoms with van der Waals surface area (Å²) < 4.78 is 14.5. The lowest BCUT2D eigenvalue weighted by molar-refractivity contribution is 0.627. The van der Waals surface area contributed by atoms with Crippen LogP contribution in [-0.2, 0) is 6.42 Å². The lowest BCUT2D eigenvalue weighted by Crippen LogP contribution is -2.18. The van der Waals surface area contributed by atoms with Gasteiger partial charge in [-0.3, -0.25) is 0 Å². The predicted octanol–water partition coefficient (Wildman–Crippen LogP) is 4.25. The van der Waals surface area contributed by atoms with Gasteiger partial charge in [-0.1, -0.05) is 22.0 Å². The highest BCUT2D eigenvalue weighted by atomic mass is 79.9. The summed E-state index contributed by atoms with van der Waals surface area (Å²) in [6.45, 7) is 3.41. The molecule has 0 spiro atoms. The van der Waals surface area contributed by atoms with Gasteiger partial charge >= 0.3 is 0 Å². The Morgan fingerprint density at radius 1 is 1.20 bits per heavy atom. The zero-order chi connectivity index (χ0) is 14.5. The van der Waals surface area contributed by atoms with Crippen LogP contribution in [0.2, 0.25) is 0 Å². The number of hydrogen-bond acceptors (Lipinski definition) is 2. The highest BCUT2D eigenvalue weighted by Gasteiger charge is 2.12. The second-order valence-electron chi connectivity index (χ2n) is 4.54. The van der Waals surface area contributed by atoms with Crippen LogP contribution in [0.3, 0.4) is 0 Å². The van der Waals surface area contributed by atoms with Crippen LogP contribution in [0, 0.1) is 5.82 Å². The van der Waals surface area contributed by atoms with Gasteiger partial charge in [-0.2, -0.15) is 0 Å². The summed E-state index contributed by atoms with van der Waals surface area (Å²) in [7, 11) is 0. The van der Waals surface area contributed by atoms with E-state index in [4.69, 9.17) is 5.73 Å². The molecule has 0 aliphatic carbocycles. The second-order valence-corrected chi connectivity index (χ2v) is 5.45. The summed E-state index contributed by atoms with van der Waals surface area (Å²) in [6, 6.07) is 12.8. The molecule has 4 heteroatoms. The van der Waals surface area contributed by atoms with E-state index in [2.05, 4.69) is 33.8 Å². The highest BCUT2D eigenvalue weighted by Crippen LogP contribution is 2.31. The Kier molecular flexibility index (Phi) is 5.15. The van der Waals surface area contributed by atoms with Crippen molar-refractivity contribution < 1.29 is 4.39 Å². The number of anilines is 2. The molecule has 0 unspecified atom stereocenters. The minimum absolute atomic E-state index is 0.224. The number of rotatable bonds is 5. The zero-order valence-corrected chi connectivity index (χ0v) is 13.0. The van der Waals surface area contributed by atoms with Gasteiger partial charge in [0.1, 0.15) is 5.82 Å². The first-order valence-electron chi connectivity index (χ1n) is 6.67. The number of nitrogens with zero attached hydrogens (tertiary/aromatic N) is 1. The van der Waals surface area contributed by atoms with Gasteiger partial charge in [0.25, 0.3) is 0 Å². The normalized spacial score (nSPS) is 10.6. The monoisotopic (exact) mass is 336 g/mol. The van der Waals surface area contributed by atoms with Crippen molar-refractivity contribution in [3.8, 4) is 0 Å². The van der Waals surface area contributed by atoms with E-state index in [0.29, 0.717) is 6.54 Å². The topological polar surface area (TPSA) is 29.3 Å². The molecule has 0 bridgehead atoms. The van der Waals surface area contributed by atoms with Crippen molar-refractivity contribution in [1.29, 1.82) is 0 Å². The third-order valence-corrected chi connectivity index (χ3v) is 3.68. The lowest BCUT2D eigenvalue weighted by atomic mass is 10.1. The van der Waals surface area contributed by atoms with Gasteiger partial charge < -0.3 is 10.6 Å². The molecule has 2 nitrogen and oxygen atoms in total. The van der Waals surface area contributed by atoms with Gasteiger partial charge in [-0.05, 0) is 61.9 Å². The molecule has 2 N–H and O–H groups in total. The summed E-state index contributed by atoms with van der Waals surface area (Å²) >= 11 is 3.49. The molecule has 0 aromatic heterocycles. The molecule has 0 radical (unpaired) electrons. The smallest absolute Gasteiger partial charge is 0.125 e. The van der Waals surface area contributed by atoms with Crippen molar-refractivity contribution in [3.63, 3.8) is 0 Å². The van der Waals surface area contributed by atoms with Crippen LogP contribution in [0.1, 0.15) is 12.5 Å². The number of benzene rings is 2. The third kappa shape index (κ3) is 3.38. The molecular weight excluding hydrogens is 319 g/mol. The Morgan fingerprint density at radius 3 is 2.65 bits per heavy atom. The van der Waals surface area contributed by atoms with E-state index in [1.807, 2.05) is 18.2 Å². The second kappa shape index (κ2) is 6.86. The summed E-state index contributed by atoms with van der Waals surface area (Å²) in [5.41, 5.74) is 8.78. The third-order valence-electron chi connectivity index (χ3n) is 3.18. The molecule has 0 atom stereocenters. The van der Waals surface area contributed by atoms with Crippen LogP contribution in [0.4, 0.5) is 15.8 Å². The lowest BCUT2D eigenvalue weighted by Gasteiger charge is -2.26. The van der Waals surface area contributed by atoms with Crippen LogP contribution in [0.15, 0.2) is 46.9 Å². The Hall–Kier alpha value is -1.39. The molecule has 106 valence electrons. The van der Waals surface area contributed by atoms with Crippen LogP contribution in [0.25, 0.3) is 0 Å². The minimum atomic E-state index is -0.224. The quantitative estimate of drug-likeness (QED) is 0.884. The first-order valence-corrected chi connectivity index (χ1v) is 7.46. The van der Waals surface area contributed by atoms with E-state index in [1.54, 1.807) is 12.1 Å². The van der Waals surface area contributed by atoms with Crippen molar-refractivity contribution in [2.45, 2.75) is 13.3 Å². The Morgan fingerprint density at radius 2 is 2.00 bits per heavy atom. The van der Waals surface area contributed by atoms with Gasteiger partial charge in [0, 0.05) is 22.4 Å². The van der Waals surface area contributed by atoms with Crippen molar-refractivity contribution in [1.82, 2.24) is 0 Å². The molecule has 0 amide bonds. The average Bonchev–Trinajstić information content (AvgIpc) is 2.42. The van der Waals surface area contributed by atoms with E-state index in [0.717, 1.165) is 34.4 Å². The molecule has 0 heterocycles. The molecule has 0 aliphatic rings. The fraction of sp³-hybridized carbons (Fsp3) is 0.250. The summed E-state index contributed by atoms with van der Waals surface area (Å²) in [6.07, 6.45) is 0.792. The van der Waals surface area contributed by atoms with Crippen molar-refractivity contribution in [2.24, 2.45) is 5.73 Å². The van der Waals surface area contributed by atoms with Crippen molar-refractivity contribution in [3.05, 3.63) is 58.3 Å². The van der Waals surface area contributed by atoms with Crippen molar-refractivity contribution in [2.75, 3.05) is 18.0 Å². The van der Waals surface area contributed by atoms with E-state index in [1.165, 1.54) is 6.07 Å². The highest BCUT2D eigenvalue weighted by molar-refractivity contribution is 9.10. The fourth-order valence-corrected chi connectivity index (χ4v) is 2.72. The van der Waals surface area contributed by atoms with Crippen molar-refractivity contribution >= 4 is 27.3 Å². The molecule has 2 rings (SSSR count). The van der Waals surface area contributed by atoms with Crippen LogP contribution < -0.4 is 10.6 Å². The number of hydrogen-bond donors (Lipinski definition) is 1. The van der Waals surface area contributed by atoms with Gasteiger partial charge in [-0.25, -0.2) is 4.39 Å². The van der Waals surface area contributed by atoms with Gasteiger partial charge in [0.2, 0.25) is 0 Å². The Labute approximate surface area is 127 Å². The van der Waals surface area contributed by atoms with E-state index in [-0.39, 0.29) is 5.82 Å². The molecule has 0 saturated carbocycles. The van der Waals surface area contributed by atoms with E-state index < -0.39 is 0 Å². The van der Waals surface area contributed by atoms with Gasteiger partial charge in [0.15, 0.2) is 0 Å². The molecule has 0 saturated heterocycles. The maximum atomic E-state index is 13.4. The fourth-order valence-electron chi connectivity index (χ4n) is 2.31. The minimum Gasteiger partial charge on any atom is -0.341 e. The average molecular weight is 337 g/mol. The zero-order valence-electron chi connectivity index (χ0n) is 11.4. The maximum absolute atomic E-state index is 13.4. The van der Waals surface area contributed by atoms with Crippen LogP contribution >= 0.6 is 15.9 Å². The summed E-state index contributed by atoms with van der Waals surface area (Å²) in [4.78, 5) is 2.10. The Balaban J connectivity index is 2.46.